The van der Waals surface area contributed by atoms with E-state index in [1.165, 1.54) is 0 Å². The second-order valence-corrected chi connectivity index (χ2v) is 3.71. The van der Waals surface area contributed by atoms with Gasteiger partial charge in [0.1, 0.15) is 0 Å². The molecule has 1 saturated heterocycles. The minimum Gasteiger partial charge on any atom is -0.475 e. The van der Waals surface area contributed by atoms with Crippen molar-refractivity contribution in [2.75, 3.05) is 18.4 Å². The molecule has 3 N–H and O–H groups in total. The monoisotopic (exact) mass is 278 g/mol. The predicted octanol–water partition coefficient (Wildman–Crippen LogP) is 0.884. The first kappa shape index (κ1) is 15.2. The normalized spacial score (nSPS) is 18.4. The number of hydrogen-bond donors (Lipinski definition) is 3. The minimum absolute atomic E-state index is 0.493. The van der Waals surface area contributed by atoms with Gasteiger partial charge in [-0.1, -0.05) is 0 Å². The highest BCUT2D eigenvalue weighted by Gasteiger charge is 2.38. The van der Waals surface area contributed by atoms with Crippen LogP contribution in [0.4, 0.5) is 19.1 Å². The first-order valence-corrected chi connectivity index (χ1v) is 5.44. The van der Waals surface area contributed by atoms with Gasteiger partial charge in [-0.25, -0.2) is 14.8 Å². The number of aromatic nitrogens is 2. The van der Waals surface area contributed by atoms with Crippen LogP contribution < -0.4 is 10.6 Å². The molecule has 0 radical (unpaired) electrons. The van der Waals surface area contributed by atoms with Gasteiger partial charge < -0.3 is 15.7 Å². The maximum atomic E-state index is 10.6. The third-order valence-electron chi connectivity index (χ3n) is 2.20. The van der Waals surface area contributed by atoms with Gasteiger partial charge in [0.2, 0.25) is 5.95 Å². The van der Waals surface area contributed by atoms with Crippen LogP contribution >= 0.6 is 0 Å². The summed E-state index contributed by atoms with van der Waals surface area (Å²) in [5, 5.41) is 13.7. The average molecular weight is 278 g/mol. The molecule has 1 aliphatic heterocycles. The molecule has 0 aliphatic carbocycles. The van der Waals surface area contributed by atoms with Gasteiger partial charge in [-0.05, 0) is 19.0 Å². The second kappa shape index (κ2) is 6.88. The van der Waals surface area contributed by atoms with E-state index in [0.717, 1.165) is 25.5 Å². The largest absolute Gasteiger partial charge is 0.490 e. The highest BCUT2D eigenvalue weighted by atomic mass is 19.4. The van der Waals surface area contributed by atoms with Crippen molar-refractivity contribution in [3.63, 3.8) is 0 Å². The van der Waals surface area contributed by atoms with Crippen molar-refractivity contribution in [1.29, 1.82) is 0 Å². The third-order valence-corrected chi connectivity index (χ3v) is 2.20. The predicted molar refractivity (Wildman–Crippen MR) is 60.6 cm³/mol. The van der Waals surface area contributed by atoms with Crippen LogP contribution in [0.2, 0.25) is 0 Å². The summed E-state index contributed by atoms with van der Waals surface area (Å²) in [6, 6.07) is 2.31. The summed E-state index contributed by atoms with van der Waals surface area (Å²) in [4.78, 5) is 17.1. The molecule has 0 spiro atoms. The van der Waals surface area contributed by atoms with E-state index in [2.05, 4.69) is 20.6 Å². The fourth-order valence-electron chi connectivity index (χ4n) is 1.33. The molecule has 1 aliphatic rings. The van der Waals surface area contributed by atoms with E-state index in [1.807, 2.05) is 6.07 Å². The van der Waals surface area contributed by atoms with Gasteiger partial charge >= 0.3 is 12.1 Å². The maximum Gasteiger partial charge on any atom is 0.490 e. The summed E-state index contributed by atoms with van der Waals surface area (Å²) >= 11 is 0. The van der Waals surface area contributed by atoms with E-state index in [4.69, 9.17) is 9.90 Å². The average Bonchev–Trinajstić information content (AvgIpc) is 2.83. The number of alkyl halides is 3. The summed E-state index contributed by atoms with van der Waals surface area (Å²) in [5.41, 5.74) is 0. The Morgan fingerprint density at radius 1 is 1.42 bits per heavy atom. The molecular formula is C10H13F3N4O2. The van der Waals surface area contributed by atoms with Gasteiger partial charge in [-0.2, -0.15) is 13.2 Å². The van der Waals surface area contributed by atoms with Crippen LogP contribution in [0.25, 0.3) is 0 Å². The first-order chi connectivity index (χ1) is 8.89. The van der Waals surface area contributed by atoms with Crippen molar-refractivity contribution in [2.45, 2.75) is 18.6 Å². The second-order valence-electron chi connectivity index (χ2n) is 3.71. The van der Waals surface area contributed by atoms with E-state index in [1.54, 1.807) is 12.4 Å². The summed E-state index contributed by atoms with van der Waals surface area (Å²) in [7, 11) is 0. The van der Waals surface area contributed by atoms with E-state index < -0.39 is 12.1 Å². The molecule has 2 rings (SSSR count). The molecule has 0 amide bonds. The Morgan fingerprint density at radius 3 is 2.42 bits per heavy atom. The van der Waals surface area contributed by atoms with E-state index in [0.29, 0.717) is 6.04 Å². The third kappa shape index (κ3) is 6.00. The van der Waals surface area contributed by atoms with Crippen molar-refractivity contribution in [3.05, 3.63) is 18.5 Å². The van der Waals surface area contributed by atoms with Gasteiger partial charge in [0, 0.05) is 25.0 Å². The number of aliphatic carboxylic acids is 1. The lowest BCUT2D eigenvalue weighted by atomic mass is 10.3. The van der Waals surface area contributed by atoms with Crippen LogP contribution in [0, 0.1) is 0 Å². The summed E-state index contributed by atoms with van der Waals surface area (Å²) in [6.45, 7) is 2.10. The quantitative estimate of drug-likeness (QED) is 0.744. The number of nitrogens with zero attached hydrogens (tertiary/aromatic N) is 2. The van der Waals surface area contributed by atoms with E-state index in [9.17, 15) is 13.2 Å². The fraction of sp³-hybridized carbons (Fsp3) is 0.500. The van der Waals surface area contributed by atoms with Crippen LogP contribution in [0.5, 0.6) is 0 Å². The Bertz CT molecular complexity index is 394. The number of anilines is 1. The summed E-state index contributed by atoms with van der Waals surface area (Å²) in [6.07, 6.45) is -0.437. The molecule has 1 aromatic heterocycles. The van der Waals surface area contributed by atoms with E-state index in [-0.39, 0.29) is 0 Å². The lowest BCUT2D eigenvalue weighted by Gasteiger charge is -2.09. The molecule has 2 heterocycles. The maximum absolute atomic E-state index is 10.6. The topological polar surface area (TPSA) is 87.1 Å². The molecule has 19 heavy (non-hydrogen) atoms. The van der Waals surface area contributed by atoms with Crippen molar-refractivity contribution in [1.82, 2.24) is 15.3 Å². The lowest BCUT2D eigenvalue weighted by Crippen LogP contribution is -2.23. The van der Waals surface area contributed by atoms with Crippen LogP contribution in [0.1, 0.15) is 6.42 Å². The Hall–Kier alpha value is -1.90. The number of carboxylic acids is 1. The molecule has 1 fully saturated rings. The number of carbonyl (C=O) groups is 1. The van der Waals surface area contributed by atoms with Crippen LogP contribution in [0.3, 0.4) is 0 Å². The van der Waals surface area contributed by atoms with Crippen molar-refractivity contribution in [3.8, 4) is 0 Å². The Balaban J connectivity index is 0.000000224. The van der Waals surface area contributed by atoms with Gasteiger partial charge in [-0.15, -0.1) is 0 Å². The zero-order valence-corrected chi connectivity index (χ0v) is 9.81. The van der Waals surface area contributed by atoms with Crippen molar-refractivity contribution in [2.24, 2.45) is 0 Å². The molecule has 1 aromatic rings. The summed E-state index contributed by atoms with van der Waals surface area (Å²) in [5.74, 6) is -2.03. The van der Waals surface area contributed by atoms with Gasteiger partial charge in [-0.3, -0.25) is 0 Å². The van der Waals surface area contributed by atoms with Crippen molar-refractivity contribution >= 4 is 11.9 Å². The molecule has 1 unspecified atom stereocenters. The fourth-order valence-corrected chi connectivity index (χ4v) is 1.33. The van der Waals surface area contributed by atoms with Gasteiger partial charge in [0.25, 0.3) is 0 Å². The number of hydrogen-bond acceptors (Lipinski definition) is 5. The number of nitrogens with one attached hydrogen (secondary N) is 2. The standard InChI is InChI=1S/C8H12N4.C2HF3O2/c1-3-10-8(11-4-1)12-7-2-5-9-6-7;3-2(4,5)1(6)7/h1,3-4,7,9H,2,5-6H2,(H,10,11,12);(H,6,7). The Labute approximate surface area is 107 Å². The molecule has 0 aromatic carbocycles. The first-order valence-electron chi connectivity index (χ1n) is 5.44. The summed E-state index contributed by atoms with van der Waals surface area (Å²) < 4.78 is 31.7. The number of halogens is 3. The van der Waals surface area contributed by atoms with Crippen LogP contribution in [0.15, 0.2) is 18.5 Å². The van der Waals surface area contributed by atoms with Gasteiger partial charge in [0.15, 0.2) is 0 Å². The molecule has 9 heteroatoms. The highest BCUT2D eigenvalue weighted by Crippen LogP contribution is 2.13. The van der Waals surface area contributed by atoms with Gasteiger partial charge in [0.05, 0.1) is 0 Å². The molecule has 6 nitrogen and oxygen atoms in total. The molecule has 1 atom stereocenters. The number of rotatable bonds is 2. The van der Waals surface area contributed by atoms with Crippen LogP contribution in [-0.2, 0) is 4.79 Å². The lowest BCUT2D eigenvalue weighted by molar-refractivity contribution is -0.192. The highest BCUT2D eigenvalue weighted by molar-refractivity contribution is 5.73. The van der Waals surface area contributed by atoms with Crippen LogP contribution in [-0.4, -0.2) is 46.4 Å². The van der Waals surface area contributed by atoms with Crippen molar-refractivity contribution < 1.29 is 23.1 Å². The molecule has 0 saturated carbocycles. The minimum atomic E-state index is -5.08. The smallest absolute Gasteiger partial charge is 0.475 e. The molecule has 0 bridgehead atoms. The van der Waals surface area contributed by atoms with E-state index >= 15 is 0 Å². The molecular weight excluding hydrogens is 265 g/mol. The Morgan fingerprint density at radius 2 is 2.00 bits per heavy atom. The zero-order chi connectivity index (χ0) is 14.3. The molecule has 106 valence electrons. The number of carboxylic acid groups (broad SMARTS) is 1. The zero-order valence-electron chi connectivity index (χ0n) is 9.81. The Kier molecular flexibility index (Phi) is 5.49. The SMILES string of the molecule is O=C(O)C(F)(F)F.c1cnc(NC2CCNC2)nc1.